The van der Waals surface area contributed by atoms with Crippen molar-refractivity contribution in [2.75, 3.05) is 5.73 Å². The number of benzene rings is 2. The van der Waals surface area contributed by atoms with Gasteiger partial charge >= 0.3 is 0 Å². The Morgan fingerprint density at radius 3 is 1.89 bits per heavy atom. The van der Waals surface area contributed by atoms with Gasteiger partial charge in [-0.15, -0.1) is 0 Å². The molecule has 0 aliphatic heterocycles. The van der Waals surface area contributed by atoms with Crippen LogP contribution in [0, 0.1) is 0 Å². The average Bonchev–Trinajstić information content (AvgIpc) is 2.39. The van der Waals surface area contributed by atoms with Gasteiger partial charge in [-0.1, -0.05) is 0 Å². The summed E-state index contributed by atoms with van der Waals surface area (Å²) in [6.45, 7) is 3.93. The first-order valence-electron chi connectivity index (χ1n) is 6.23. The molecule has 3 nitrogen and oxygen atoms in total. The molecule has 0 aliphatic rings. The monoisotopic (exact) mass is 255 g/mol. The highest BCUT2D eigenvalue weighted by Crippen LogP contribution is 2.17. The van der Waals surface area contributed by atoms with Gasteiger partial charge in [0.15, 0.2) is 5.78 Å². The lowest BCUT2D eigenvalue weighted by Crippen LogP contribution is -2.06. The Balaban J connectivity index is 2.17. The average molecular weight is 255 g/mol. The fraction of sp³-hybridized carbons (Fsp3) is 0.188. The Hall–Kier alpha value is -2.29. The third-order valence-electron chi connectivity index (χ3n) is 2.66. The van der Waals surface area contributed by atoms with Crippen LogP contribution in [-0.2, 0) is 0 Å². The summed E-state index contributed by atoms with van der Waals surface area (Å²) in [5.41, 5.74) is 7.53. The number of hydrogen-bond acceptors (Lipinski definition) is 3. The SMILES string of the molecule is CC(C)Oc1ccc(C(=O)c2ccc(N)cc2)cc1. The molecule has 0 aromatic heterocycles. The first-order chi connectivity index (χ1) is 9.06. The molecule has 0 fully saturated rings. The predicted molar refractivity (Wildman–Crippen MR) is 76.5 cm³/mol. The molecule has 0 aliphatic carbocycles. The van der Waals surface area contributed by atoms with Gasteiger partial charge in [0.2, 0.25) is 0 Å². The van der Waals surface area contributed by atoms with Crippen molar-refractivity contribution in [3.05, 3.63) is 59.7 Å². The second-order valence-corrected chi connectivity index (χ2v) is 4.64. The predicted octanol–water partition coefficient (Wildman–Crippen LogP) is 3.29. The molecule has 19 heavy (non-hydrogen) atoms. The molecular weight excluding hydrogens is 238 g/mol. The van der Waals surface area contributed by atoms with Gasteiger partial charge in [-0.25, -0.2) is 0 Å². The van der Waals surface area contributed by atoms with Crippen LogP contribution >= 0.6 is 0 Å². The Labute approximate surface area is 113 Å². The molecule has 2 aromatic rings. The number of carbonyl (C=O) groups is 1. The molecule has 2 N–H and O–H groups in total. The molecule has 0 bridgehead atoms. The van der Waals surface area contributed by atoms with Gasteiger partial charge in [0.1, 0.15) is 5.75 Å². The lowest BCUT2D eigenvalue weighted by molar-refractivity contribution is 0.103. The second-order valence-electron chi connectivity index (χ2n) is 4.64. The van der Waals surface area contributed by atoms with E-state index in [4.69, 9.17) is 10.5 Å². The van der Waals surface area contributed by atoms with Crippen molar-refractivity contribution in [2.45, 2.75) is 20.0 Å². The van der Waals surface area contributed by atoms with Gasteiger partial charge < -0.3 is 10.5 Å². The topological polar surface area (TPSA) is 52.3 Å². The molecule has 0 saturated heterocycles. The zero-order chi connectivity index (χ0) is 13.8. The maximum absolute atomic E-state index is 12.2. The number of ether oxygens (including phenoxy) is 1. The molecule has 0 unspecified atom stereocenters. The molecule has 0 heterocycles. The van der Waals surface area contributed by atoms with E-state index >= 15 is 0 Å². The fourth-order valence-corrected chi connectivity index (χ4v) is 1.76. The van der Waals surface area contributed by atoms with E-state index in [1.165, 1.54) is 0 Å². The van der Waals surface area contributed by atoms with E-state index in [0.29, 0.717) is 16.8 Å². The van der Waals surface area contributed by atoms with Gasteiger partial charge in [-0.2, -0.15) is 0 Å². The van der Waals surface area contributed by atoms with Crippen LogP contribution in [0.2, 0.25) is 0 Å². The maximum Gasteiger partial charge on any atom is 0.193 e. The summed E-state index contributed by atoms with van der Waals surface area (Å²) in [5, 5.41) is 0. The molecular formula is C16H17NO2. The fourth-order valence-electron chi connectivity index (χ4n) is 1.76. The first-order valence-corrected chi connectivity index (χ1v) is 6.23. The minimum absolute atomic E-state index is 0.0175. The van der Waals surface area contributed by atoms with E-state index in [0.717, 1.165) is 5.75 Å². The molecule has 0 spiro atoms. The van der Waals surface area contributed by atoms with Crippen LogP contribution in [0.4, 0.5) is 5.69 Å². The van der Waals surface area contributed by atoms with Crippen molar-refractivity contribution in [1.82, 2.24) is 0 Å². The van der Waals surface area contributed by atoms with Crippen molar-refractivity contribution in [3.8, 4) is 5.75 Å². The van der Waals surface area contributed by atoms with Gasteiger partial charge in [0.25, 0.3) is 0 Å². The molecule has 2 rings (SSSR count). The van der Waals surface area contributed by atoms with E-state index in [2.05, 4.69) is 0 Å². The van der Waals surface area contributed by atoms with Crippen LogP contribution in [0.1, 0.15) is 29.8 Å². The highest BCUT2D eigenvalue weighted by atomic mass is 16.5. The van der Waals surface area contributed by atoms with Crippen molar-refractivity contribution in [3.63, 3.8) is 0 Å². The van der Waals surface area contributed by atoms with Crippen LogP contribution in [0.3, 0.4) is 0 Å². The summed E-state index contributed by atoms with van der Waals surface area (Å²) in [4.78, 5) is 12.2. The summed E-state index contributed by atoms with van der Waals surface area (Å²) < 4.78 is 5.54. The zero-order valence-corrected chi connectivity index (χ0v) is 11.1. The summed E-state index contributed by atoms with van der Waals surface area (Å²) in [5.74, 6) is 0.750. The third-order valence-corrected chi connectivity index (χ3v) is 2.66. The van der Waals surface area contributed by atoms with Crippen molar-refractivity contribution in [2.24, 2.45) is 0 Å². The number of hydrogen-bond donors (Lipinski definition) is 1. The number of rotatable bonds is 4. The molecule has 0 radical (unpaired) electrons. The highest BCUT2D eigenvalue weighted by Gasteiger charge is 2.09. The van der Waals surface area contributed by atoms with Gasteiger partial charge in [0, 0.05) is 16.8 Å². The minimum Gasteiger partial charge on any atom is -0.491 e. The molecule has 0 saturated carbocycles. The molecule has 98 valence electrons. The lowest BCUT2D eigenvalue weighted by Gasteiger charge is -2.09. The van der Waals surface area contributed by atoms with Gasteiger partial charge in [-0.05, 0) is 62.4 Å². The molecule has 0 atom stereocenters. The maximum atomic E-state index is 12.2. The number of ketones is 1. The smallest absolute Gasteiger partial charge is 0.193 e. The molecule has 3 heteroatoms. The van der Waals surface area contributed by atoms with Crippen molar-refractivity contribution >= 4 is 11.5 Å². The highest BCUT2D eigenvalue weighted by molar-refractivity contribution is 6.09. The Bertz CT molecular complexity index is 556. The van der Waals surface area contributed by atoms with Crippen LogP contribution in [0.15, 0.2) is 48.5 Å². The quantitative estimate of drug-likeness (QED) is 0.673. The summed E-state index contributed by atoms with van der Waals surface area (Å²) in [6, 6.07) is 14.1. The van der Waals surface area contributed by atoms with Crippen molar-refractivity contribution < 1.29 is 9.53 Å². The van der Waals surface area contributed by atoms with Crippen LogP contribution in [0.25, 0.3) is 0 Å². The van der Waals surface area contributed by atoms with Crippen LogP contribution < -0.4 is 10.5 Å². The number of anilines is 1. The lowest BCUT2D eigenvalue weighted by atomic mass is 10.0. The van der Waals surface area contributed by atoms with Crippen molar-refractivity contribution in [1.29, 1.82) is 0 Å². The van der Waals surface area contributed by atoms with Gasteiger partial charge in [-0.3, -0.25) is 4.79 Å². The minimum atomic E-state index is -0.0175. The molecule has 0 amide bonds. The summed E-state index contributed by atoms with van der Waals surface area (Å²) in [7, 11) is 0. The first kappa shape index (κ1) is 13.1. The second kappa shape index (κ2) is 5.57. The summed E-state index contributed by atoms with van der Waals surface area (Å²) >= 11 is 0. The van der Waals surface area contributed by atoms with E-state index < -0.39 is 0 Å². The summed E-state index contributed by atoms with van der Waals surface area (Å²) in [6.07, 6.45) is 0.124. The number of nitrogen functional groups attached to an aromatic ring is 1. The van der Waals surface area contributed by atoms with E-state index in [-0.39, 0.29) is 11.9 Å². The molecule has 2 aromatic carbocycles. The number of nitrogens with two attached hydrogens (primary N) is 1. The third kappa shape index (κ3) is 3.35. The van der Waals surface area contributed by atoms with E-state index in [9.17, 15) is 4.79 Å². The number of carbonyl (C=O) groups excluding carboxylic acids is 1. The van der Waals surface area contributed by atoms with Gasteiger partial charge in [0.05, 0.1) is 6.10 Å². The van der Waals surface area contributed by atoms with E-state index in [1.54, 1.807) is 36.4 Å². The van der Waals surface area contributed by atoms with Crippen LogP contribution in [0.5, 0.6) is 5.75 Å². The standard InChI is InChI=1S/C16H17NO2/c1-11(2)19-15-9-5-13(6-10-15)16(18)12-3-7-14(17)8-4-12/h3-11H,17H2,1-2H3. The zero-order valence-electron chi connectivity index (χ0n) is 11.1. The van der Waals surface area contributed by atoms with E-state index in [1.807, 2.05) is 26.0 Å². The largest absolute Gasteiger partial charge is 0.491 e. The normalized spacial score (nSPS) is 10.5. The Kier molecular flexibility index (Phi) is 3.85. The van der Waals surface area contributed by atoms with Crippen LogP contribution in [-0.4, -0.2) is 11.9 Å². The Morgan fingerprint density at radius 2 is 1.42 bits per heavy atom. The Morgan fingerprint density at radius 1 is 0.947 bits per heavy atom.